The van der Waals surface area contributed by atoms with Crippen LogP contribution < -0.4 is 4.74 Å². The Kier molecular flexibility index (Phi) is 3.39. The van der Waals surface area contributed by atoms with Crippen LogP contribution in [0.1, 0.15) is 17.3 Å². The van der Waals surface area contributed by atoms with E-state index in [0.717, 1.165) is 6.29 Å². The maximum atomic E-state index is 10.9. The fraction of sp³-hybridized carbons (Fsp3) is 0.182. The second kappa shape index (κ2) is 4.97. The van der Waals surface area contributed by atoms with E-state index in [1.54, 1.807) is 24.4 Å². The van der Waals surface area contributed by atoms with Crippen LogP contribution in [0.5, 0.6) is 5.88 Å². The molecule has 0 fully saturated rings. The Hall–Kier alpha value is -1.88. The first-order valence-electron chi connectivity index (χ1n) is 5.05. The Morgan fingerprint density at radius 1 is 1.53 bits per heavy atom. The second-order valence-corrected chi connectivity index (χ2v) is 3.69. The molecular weight excluding hydrogens is 242 g/mol. The molecule has 0 aliphatic carbocycles. The zero-order chi connectivity index (χ0) is 12.3. The third-order valence-electron chi connectivity index (χ3n) is 2.13. The lowest BCUT2D eigenvalue weighted by Gasteiger charge is -2.03. The average molecular weight is 252 g/mol. The number of benzene rings is 1. The van der Waals surface area contributed by atoms with Crippen LogP contribution in [0.4, 0.5) is 0 Å². The summed E-state index contributed by atoms with van der Waals surface area (Å²) < 4.78 is 6.67. The molecule has 0 N–H and O–H groups in total. The van der Waals surface area contributed by atoms with Crippen molar-refractivity contribution in [3.8, 4) is 11.6 Å². The third-order valence-corrected chi connectivity index (χ3v) is 2.36. The first-order chi connectivity index (χ1) is 8.24. The van der Waals surface area contributed by atoms with Gasteiger partial charge in [-0.3, -0.25) is 4.79 Å². The minimum Gasteiger partial charge on any atom is -0.476 e. The highest BCUT2D eigenvalue weighted by atomic mass is 35.5. The number of carbonyl (C=O) groups excluding carboxylic acids is 1. The van der Waals surface area contributed by atoms with Crippen LogP contribution in [0.3, 0.4) is 0 Å². The standard InChI is InChI=1S/C11H10ClN3O2/c1-2-17-11-6-15(14-13-11)10-4-3-9(12)5-8(10)7-16/h3-7H,2H2,1H3. The molecule has 1 heterocycles. The Morgan fingerprint density at radius 3 is 3.06 bits per heavy atom. The predicted octanol–water partition coefficient (Wildman–Crippen LogP) is 2.13. The fourth-order valence-corrected chi connectivity index (χ4v) is 1.59. The van der Waals surface area contributed by atoms with E-state index in [1.165, 1.54) is 4.68 Å². The minimum absolute atomic E-state index is 0.416. The highest BCUT2D eigenvalue weighted by Crippen LogP contribution is 2.18. The van der Waals surface area contributed by atoms with Gasteiger partial charge in [0.25, 0.3) is 5.88 Å². The molecule has 2 rings (SSSR count). The van der Waals surface area contributed by atoms with Gasteiger partial charge in [-0.25, -0.2) is 4.68 Å². The van der Waals surface area contributed by atoms with E-state index in [-0.39, 0.29) is 0 Å². The van der Waals surface area contributed by atoms with Crippen molar-refractivity contribution >= 4 is 17.9 Å². The van der Waals surface area contributed by atoms with Crippen molar-refractivity contribution in [1.29, 1.82) is 0 Å². The van der Waals surface area contributed by atoms with Crippen LogP contribution in [0.25, 0.3) is 5.69 Å². The molecule has 1 aromatic carbocycles. The topological polar surface area (TPSA) is 57.0 Å². The van der Waals surface area contributed by atoms with E-state index in [0.29, 0.717) is 28.8 Å². The van der Waals surface area contributed by atoms with E-state index in [4.69, 9.17) is 16.3 Å². The van der Waals surface area contributed by atoms with Crippen molar-refractivity contribution in [2.45, 2.75) is 6.92 Å². The first-order valence-corrected chi connectivity index (χ1v) is 5.42. The lowest BCUT2D eigenvalue weighted by atomic mass is 10.2. The summed E-state index contributed by atoms with van der Waals surface area (Å²) in [6.45, 7) is 2.37. The third kappa shape index (κ3) is 2.45. The molecular formula is C11H10ClN3O2. The Labute approximate surface area is 103 Å². The van der Waals surface area contributed by atoms with Gasteiger partial charge in [0.1, 0.15) is 0 Å². The van der Waals surface area contributed by atoms with Crippen molar-refractivity contribution in [2.75, 3.05) is 6.61 Å². The minimum atomic E-state index is 0.416. The van der Waals surface area contributed by atoms with Gasteiger partial charge in [0.2, 0.25) is 0 Å². The van der Waals surface area contributed by atoms with Crippen LogP contribution in [-0.2, 0) is 0 Å². The molecule has 0 bridgehead atoms. The molecule has 0 aliphatic heterocycles. The molecule has 88 valence electrons. The van der Waals surface area contributed by atoms with Crippen molar-refractivity contribution in [3.05, 3.63) is 35.0 Å². The summed E-state index contributed by atoms with van der Waals surface area (Å²) in [6, 6.07) is 4.97. The normalized spacial score (nSPS) is 10.2. The van der Waals surface area contributed by atoms with E-state index in [1.807, 2.05) is 6.92 Å². The van der Waals surface area contributed by atoms with Crippen molar-refractivity contribution in [2.24, 2.45) is 0 Å². The van der Waals surface area contributed by atoms with Gasteiger partial charge in [0.05, 0.1) is 18.5 Å². The second-order valence-electron chi connectivity index (χ2n) is 3.26. The number of ether oxygens (including phenoxy) is 1. The van der Waals surface area contributed by atoms with Gasteiger partial charge >= 0.3 is 0 Å². The number of rotatable bonds is 4. The van der Waals surface area contributed by atoms with Crippen molar-refractivity contribution < 1.29 is 9.53 Å². The Bertz CT molecular complexity index is 539. The number of aromatic nitrogens is 3. The van der Waals surface area contributed by atoms with Crippen molar-refractivity contribution in [1.82, 2.24) is 15.0 Å². The summed E-state index contributed by atoms with van der Waals surface area (Å²) in [7, 11) is 0. The van der Waals surface area contributed by atoms with E-state index < -0.39 is 0 Å². The average Bonchev–Trinajstić information content (AvgIpc) is 2.78. The molecule has 0 radical (unpaired) electrons. The molecule has 0 saturated heterocycles. The van der Waals surface area contributed by atoms with Crippen LogP contribution in [0.15, 0.2) is 24.4 Å². The molecule has 17 heavy (non-hydrogen) atoms. The lowest BCUT2D eigenvalue weighted by molar-refractivity contribution is 0.112. The SMILES string of the molecule is CCOc1cn(-c2ccc(Cl)cc2C=O)nn1. The molecule has 5 nitrogen and oxygen atoms in total. The molecule has 0 saturated carbocycles. The number of hydrogen-bond acceptors (Lipinski definition) is 4. The highest BCUT2D eigenvalue weighted by Gasteiger charge is 2.08. The molecule has 2 aromatic rings. The van der Waals surface area contributed by atoms with Crippen LogP contribution >= 0.6 is 11.6 Å². The molecule has 6 heteroatoms. The zero-order valence-corrected chi connectivity index (χ0v) is 9.89. The van der Waals surface area contributed by atoms with Gasteiger partial charge in [-0.1, -0.05) is 21.9 Å². The number of nitrogens with zero attached hydrogens (tertiary/aromatic N) is 3. The smallest absolute Gasteiger partial charge is 0.253 e. The first kappa shape index (κ1) is 11.6. The van der Waals surface area contributed by atoms with E-state index in [2.05, 4.69) is 10.3 Å². The van der Waals surface area contributed by atoms with Gasteiger partial charge in [-0.15, -0.1) is 0 Å². The molecule has 0 aliphatic rings. The molecule has 0 spiro atoms. The van der Waals surface area contributed by atoms with E-state index >= 15 is 0 Å². The maximum Gasteiger partial charge on any atom is 0.253 e. The summed E-state index contributed by atoms with van der Waals surface area (Å²) in [6.07, 6.45) is 2.34. The summed E-state index contributed by atoms with van der Waals surface area (Å²) in [5, 5.41) is 8.21. The van der Waals surface area contributed by atoms with Gasteiger partial charge in [-0.05, 0) is 25.1 Å². The van der Waals surface area contributed by atoms with Gasteiger partial charge in [0.15, 0.2) is 6.29 Å². The van der Waals surface area contributed by atoms with Crippen LogP contribution in [0, 0.1) is 0 Å². The number of carbonyl (C=O) groups is 1. The summed E-state index contributed by atoms with van der Waals surface area (Å²) >= 11 is 5.81. The van der Waals surface area contributed by atoms with E-state index in [9.17, 15) is 4.79 Å². The quantitative estimate of drug-likeness (QED) is 0.781. The van der Waals surface area contributed by atoms with Gasteiger partial charge < -0.3 is 4.74 Å². The largest absolute Gasteiger partial charge is 0.476 e. The summed E-state index contributed by atoms with van der Waals surface area (Å²) in [4.78, 5) is 10.9. The predicted molar refractivity (Wildman–Crippen MR) is 62.9 cm³/mol. The molecule has 0 amide bonds. The molecule has 0 unspecified atom stereocenters. The van der Waals surface area contributed by atoms with Crippen LogP contribution in [0.2, 0.25) is 5.02 Å². The Balaban J connectivity index is 2.41. The fourth-order valence-electron chi connectivity index (χ4n) is 1.41. The van der Waals surface area contributed by atoms with Gasteiger partial charge in [-0.2, -0.15) is 0 Å². The number of hydrogen-bond donors (Lipinski definition) is 0. The number of aldehydes is 1. The van der Waals surface area contributed by atoms with Crippen molar-refractivity contribution in [3.63, 3.8) is 0 Å². The van der Waals surface area contributed by atoms with Gasteiger partial charge in [0, 0.05) is 10.6 Å². The Morgan fingerprint density at radius 2 is 2.35 bits per heavy atom. The number of halogens is 1. The zero-order valence-electron chi connectivity index (χ0n) is 9.13. The summed E-state index contributed by atoms with van der Waals surface area (Å²) in [5.74, 6) is 0.416. The monoisotopic (exact) mass is 251 g/mol. The molecule has 0 atom stereocenters. The molecule has 1 aromatic heterocycles. The summed E-state index contributed by atoms with van der Waals surface area (Å²) in [5.41, 5.74) is 1.06. The highest BCUT2D eigenvalue weighted by molar-refractivity contribution is 6.30. The maximum absolute atomic E-state index is 10.9. The lowest BCUT2D eigenvalue weighted by Crippen LogP contribution is -1.99. The van der Waals surface area contributed by atoms with Crippen LogP contribution in [-0.4, -0.2) is 27.9 Å².